The molecule has 0 aromatic heterocycles. The lowest BCUT2D eigenvalue weighted by atomic mass is 10.1. The molecule has 0 aromatic rings. The molecule has 90 valence electrons. The molecule has 0 unspecified atom stereocenters. The first-order valence-corrected chi connectivity index (χ1v) is 3.92. The smallest absolute Gasteiger partial charge is 0.317 e. The van der Waals surface area contributed by atoms with Gasteiger partial charge in [0.1, 0.15) is 18.3 Å². The van der Waals surface area contributed by atoms with E-state index >= 15 is 0 Å². The maximum absolute atomic E-state index is 9.76. The van der Waals surface area contributed by atoms with Gasteiger partial charge in [-0.1, -0.05) is 0 Å². The lowest BCUT2D eigenvalue weighted by Gasteiger charge is -2.16. The summed E-state index contributed by atoms with van der Waals surface area (Å²) in [6.07, 6.45) is -4.63. The van der Waals surface area contributed by atoms with Gasteiger partial charge in [-0.05, 0) is 0 Å². The Bertz CT molecular complexity index is 186. The lowest BCUT2D eigenvalue weighted by molar-refractivity contribution is -0.135. The van der Waals surface area contributed by atoms with Crippen LogP contribution in [0, 0.1) is 0 Å². The molecular formula is C7H15NO7. The summed E-state index contributed by atoms with van der Waals surface area (Å²) in [6.45, 7) is -0.966. The number of aliphatic hydroxyl groups excluding tert-OH is 4. The number of carboxylic acid groups (broad SMARTS) is 1. The van der Waals surface area contributed by atoms with Gasteiger partial charge in [-0.25, -0.2) is 0 Å². The van der Waals surface area contributed by atoms with Crippen molar-refractivity contribution in [3.8, 4) is 0 Å². The Hall–Kier alpha value is -1.06. The Morgan fingerprint density at radius 3 is 1.93 bits per heavy atom. The van der Waals surface area contributed by atoms with Gasteiger partial charge in [-0.3, -0.25) is 4.79 Å². The van der Waals surface area contributed by atoms with E-state index in [1.807, 2.05) is 0 Å². The van der Waals surface area contributed by atoms with Gasteiger partial charge in [-0.15, -0.1) is 0 Å². The maximum atomic E-state index is 9.76. The summed E-state index contributed by atoms with van der Waals surface area (Å²) in [5.41, 5.74) is 4.57. The molecular weight excluding hydrogens is 210 g/mol. The molecule has 15 heavy (non-hydrogen) atoms. The number of rotatable bonds is 5. The van der Waals surface area contributed by atoms with E-state index < -0.39 is 30.9 Å². The Balaban J connectivity index is 0. The number of carboxylic acids is 1. The van der Waals surface area contributed by atoms with Crippen LogP contribution in [0.1, 0.15) is 0 Å². The molecule has 0 amide bonds. The van der Waals surface area contributed by atoms with Gasteiger partial charge in [0.15, 0.2) is 6.29 Å². The third kappa shape index (κ3) is 9.25. The number of carbonyl (C=O) groups excluding carboxylic acids is 1. The highest BCUT2D eigenvalue weighted by Crippen LogP contribution is 1.96. The third-order valence-corrected chi connectivity index (χ3v) is 1.25. The normalized spacial score (nSPS) is 15.5. The summed E-state index contributed by atoms with van der Waals surface area (Å²) in [4.78, 5) is 19.0. The minimum absolute atomic E-state index is 0.0869. The van der Waals surface area contributed by atoms with E-state index in [0.717, 1.165) is 0 Å². The fraction of sp³-hybridized carbons (Fsp3) is 0.714. The van der Waals surface area contributed by atoms with Crippen LogP contribution in [0.2, 0.25) is 0 Å². The number of aldehydes is 1. The highest BCUT2D eigenvalue weighted by atomic mass is 16.4. The average molecular weight is 225 g/mol. The van der Waals surface area contributed by atoms with Gasteiger partial charge in [0.05, 0.1) is 13.2 Å². The van der Waals surface area contributed by atoms with Crippen LogP contribution in [0.5, 0.6) is 0 Å². The molecule has 8 heteroatoms. The van der Waals surface area contributed by atoms with Crippen molar-refractivity contribution in [2.75, 3.05) is 13.2 Å². The number of hydrogen-bond donors (Lipinski definition) is 6. The van der Waals surface area contributed by atoms with Crippen LogP contribution in [0.25, 0.3) is 0 Å². The summed E-state index contributed by atoms with van der Waals surface area (Å²) in [5, 5.41) is 41.7. The standard InChI is InChI=1S/C5H10O5.C2H5NO2/c6-1-3(8)5(10)4(9)2-7;3-1-2(4)5/h1,3-5,7-10H,2H2;1,3H2,(H,4,5)/t3-,4-,5+;/m1./s1. The molecule has 0 aliphatic rings. The van der Waals surface area contributed by atoms with E-state index in [4.69, 9.17) is 25.5 Å². The van der Waals surface area contributed by atoms with Gasteiger partial charge in [-0.2, -0.15) is 0 Å². The fourth-order valence-corrected chi connectivity index (χ4v) is 0.416. The Morgan fingerprint density at radius 1 is 1.33 bits per heavy atom. The number of carbonyl (C=O) groups is 2. The van der Waals surface area contributed by atoms with Crippen molar-refractivity contribution in [1.29, 1.82) is 0 Å². The van der Waals surface area contributed by atoms with Crippen molar-refractivity contribution in [3.05, 3.63) is 0 Å². The molecule has 0 aliphatic heterocycles. The van der Waals surface area contributed by atoms with E-state index in [2.05, 4.69) is 5.73 Å². The van der Waals surface area contributed by atoms with Crippen LogP contribution in [0.3, 0.4) is 0 Å². The first kappa shape index (κ1) is 16.4. The third-order valence-electron chi connectivity index (χ3n) is 1.25. The van der Waals surface area contributed by atoms with Crippen LogP contribution < -0.4 is 5.73 Å². The zero-order chi connectivity index (χ0) is 12.4. The monoisotopic (exact) mass is 225 g/mol. The molecule has 7 N–H and O–H groups in total. The van der Waals surface area contributed by atoms with Crippen molar-refractivity contribution >= 4 is 12.3 Å². The predicted octanol–water partition coefficient (Wildman–Crippen LogP) is -3.71. The van der Waals surface area contributed by atoms with Crippen molar-refractivity contribution in [2.45, 2.75) is 18.3 Å². The van der Waals surface area contributed by atoms with Gasteiger partial charge in [0.25, 0.3) is 0 Å². The molecule has 8 nitrogen and oxygen atoms in total. The number of hydrogen-bond acceptors (Lipinski definition) is 7. The molecule has 0 rings (SSSR count). The largest absolute Gasteiger partial charge is 0.480 e. The molecule has 0 heterocycles. The van der Waals surface area contributed by atoms with Crippen LogP contribution in [-0.4, -0.2) is 69.3 Å². The van der Waals surface area contributed by atoms with E-state index in [-0.39, 0.29) is 12.8 Å². The average Bonchev–Trinajstić information content (AvgIpc) is 2.26. The fourth-order valence-electron chi connectivity index (χ4n) is 0.416. The Labute approximate surface area is 85.6 Å². The number of aliphatic hydroxyl groups is 4. The van der Waals surface area contributed by atoms with Gasteiger partial charge in [0.2, 0.25) is 0 Å². The minimum Gasteiger partial charge on any atom is -0.480 e. The topological polar surface area (TPSA) is 161 Å². The lowest BCUT2D eigenvalue weighted by Crippen LogP contribution is -2.40. The molecule has 0 aromatic carbocycles. The van der Waals surface area contributed by atoms with Crippen molar-refractivity contribution in [2.24, 2.45) is 5.73 Å². The second kappa shape index (κ2) is 9.49. The molecule has 0 radical (unpaired) electrons. The van der Waals surface area contributed by atoms with Crippen LogP contribution in [0.4, 0.5) is 0 Å². The second-order valence-electron chi connectivity index (χ2n) is 2.47. The summed E-state index contributed by atoms with van der Waals surface area (Å²) in [6, 6.07) is 0. The summed E-state index contributed by atoms with van der Waals surface area (Å²) in [7, 11) is 0. The van der Waals surface area contributed by atoms with Crippen LogP contribution in [-0.2, 0) is 9.59 Å². The quantitative estimate of drug-likeness (QED) is 0.260. The minimum atomic E-state index is -1.64. The zero-order valence-corrected chi connectivity index (χ0v) is 7.85. The van der Waals surface area contributed by atoms with Crippen molar-refractivity contribution < 1.29 is 35.1 Å². The maximum Gasteiger partial charge on any atom is 0.317 e. The Morgan fingerprint density at radius 2 is 1.73 bits per heavy atom. The number of aliphatic carboxylic acids is 1. The second-order valence-corrected chi connectivity index (χ2v) is 2.47. The highest BCUT2D eigenvalue weighted by molar-refractivity contribution is 5.68. The molecule has 0 saturated heterocycles. The van der Waals surface area contributed by atoms with Crippen molar-refractivity contribution in [1.82, 2.24) is 0 Å². The zero-order valence-electron chi connectivity index (χ0n) is 7.85. The van der Waals surface area contributed by atoms with Gasteiger partial charge in [0, 0.05) is 0 Å². The van der Waals surface area contributed by atoms with Gasteiger partial charge < -0.3 is 36.1 Å². The predicted molar refractivity (Wildman–Crippen MR) is 47.9 cm³/mol. The summed E-state index contributed by atoms with van der Waals surface area (Å²) < 4.78 is 0. The highest BCUT2D eigenvalue weighted by Gasteiger charge is 2.22. The first-order chi connectivity index (χ1) is 6.90. The molecule has 0 spiro atoms. The summed E-state index contributed by atoms with van der Waals surface area (Å²) in [5.74, 6) is -0.968. The molecule has 0 fully saturated rings. The van der Waals surface area contributed by atoms with E-state index in [1.165, 1.54) is 0 Å². The van der Waals surface area contributed by atoms with E-state index in [1.54, 1.807) is 0 Å². The number of nitrogens with two attached hydrogens (primary N) is 1. The van der Waals surface area contributed by atoms with Gasteiger partial charge >= 0.3 is 5.97 Å². The van der Waals surface area contributed by atoms with E-state index in [0.29, 0.717) is 0 Å². The molecule has 0 saturated carbocycles. The van der Waals surface area contributed by atoms with Crippen LogP contribution in [0.15, 0.2) is 0 Å². The molecule has 0 bridgehead atoms. The van der Waals surface area contributed by atoms with E-state index in [9.17, 15) is 9.59 Å². The van der Waals surface area contributed by atoms with Crippen molar-refractivity contribution in [3.63, 3.8) is 0 Å². The van der Waals surface area contributed by atoms with Crippen LogP contribution >= 0.6 is 0 Å². The molecule has 3 atom stereocenters. The summed E-state index contributed by atoms with van der Waals surface area (Å²) >= 11 is 0. The molecule has 0 aliphatic carbocycles. The Kier molecular flexibility index (Phi) is 10.4. The first-order valence-electron chi connectivity index (χ1n) is 3.92. The SMILES string of the molecule is NCC(=O)O.O=C[C@@H](O)[C@H](O)[C@H](O)CO.